The summed E-state index contributed by atoms with van der Waals surface area (Å²) in [5.74, 6) is -0.258. The SMILES string of the molecule is COC(=O)CCN1C(=S)N[C@H](c2ccccn2)[C@@H]1c1cccn1-c1ccccc1. The molecule has 0 bridgehead atoms. The first-order chi connectivity index (χ1) is 14.2. The lowest BCUT2D eigenvalue weighted by Crippen LogP contribution is -2.32. The van der Waals surface area contributed by atoms with Crippen molar-refractivity contribution < 1.29 is 9.53 Å². The molecule has 1 saturated heterocycles. The number of benzene rings is 1. The Kier molecular flexibility index (Phi) is 5.57. The minimum Gasteiger partial charge on any atom is -0.469 e. The maximum atomic E-state index is 11.8. The van der Waals surface area contributed by atoms with Crippen LogP contribution in [0.25, 0.3) is 5.69 Å². The third kappa shape index (κ3) is 3.86. The maximum Gasteiger partial charge on any atom is 0.307 e. The fourth-order valence-corrected chi connectivity index (χ4v) is 4.07. The first kappa shape index (κ1) is 19.1. The Morgan fingerprint density at radius 2 is 1.93 bits per heavy atom. The van der Waals surface area contributed by atoms with Crippen LogP contribution in [0.4, 0.5) is 0 Å². The first-order valence-corrected chi connectivity index (χ1v) is 9.87. The van der Waals surface area contributed by atoms with Gasteiger partial charge in [-0.3, -0.25) is 9.78 Å². The van der Waals surface area contributed by atoms with E-state index in [-0.39, 0.29) is 24.5 Å². The van der Waals surface area contributed by atoms with Gasteiger partial charge in [0.05, 0.1) is 31.3 Å². The van der Waals surface area contributed by atoms with Gasteiger partial charge in [0.25, 0.3) is 0 Å². The molecule has 1 N–H and O–H groups in total. The molecule has 148 valence electrons. The van der Waals surface area contributed by atoms with E-state index in [9.17, 15) is 4.79 Å². The van der Waals surface area contributed by atoms with Gasteiger partial charge >= 0.3 is 5.97 Å². The molecule has 1 fully saturated rings. The Balaban J connectivity index is 1.75. The van der Waals surface area contributed by atoms with Gasteiger partial charge in [-0.2, -0.15) is 0 Å². The Bertz CT molecular complexity index is 990. The molecule has 6 nitrogen and oxygen atoms in total. The largest absolute Gasteiger partial charge is 0.469 e. The fourth-order valence-electron chi connectivity index (χ4n) is 3.74. The lowest BCUT2D eigenvalue weighted by Gasteiger charge is -2.28. The van der Waals surface area contributed by atoms with Crippen LogP contribution in [0.2, 0.25) is 0 Å². The minimum atomic E-state index is -0.258. The van der Waals surface area contributed by atoms with Crippen LogP contribution >= 0.6 is 12.2 Å². The summed E-state index contributed by atoms with van der Waals surface area (Å²) in [6, 6.07) is 19.9. The van der Waals surface area contributed by atoms with E-state index in [1.54, 1.807) is 6.20 Å². The average molecular weight is 407 g/mol. The highest BCUT2D eigenvalue weighted by atomic mass is 32.1. The predicted octanol–water partition coefficient (Wildman–Crippen LogP) is 3.41. The summed E-state index contributed by atoms with van der Waals surface area (Å²) in [7, 11) is 1.40. The molecule has 29 heavy (non-hydrogen) atoms. The van der Waals surface area contributed by atoms with Crippen molar-refractivity contribution >= 4 is 23.3 Å². The summed E-state index contributed by atoms with van der Waals surface area (Å²) in [5, 5.41) is 4.02. The van der Waals surface area contributed by atoms with Crippen LogP contribution < -0.4 is 5.32 Å². The number of thiocarbonyl (C=S) groups is 1. The second-order valence-corrected chi connectivity index (χ2v) is 7.17. The number of nitrogens with zero attached hydrogens (tertiary/aromatic N) is 3. The number of pyridine rings is 1. The maximum absolute atomic E-state index is 11.8. The van der Waals surface area contributed by atoms with Crippen LogP contribution in [-0.2, 0) is 9.53 Å². The number of hydrogen-bond acceptors (Lipinski definition) is 4. The number of aromatic nitrogens is 2. The van der Waals surface area contributed by atoms with E-state index >= 15 is 0 Å². The smallest absolute Gasteiger partial charge is 0.307 e. The molecule has 1 aromatic carbocycles. The molecule has 2 aromatic heterocycles. The van der Waals surface area contributed by atoms with Gasteiger partial charge in [0.2, 0.25) is 0 Å². The molecule has 2 atom stereocenters. The zero-order valence-corrected chi connectivity index (χ0v) is 16.9. The zero-order valence-electron chi connectivity index (χ0n) is 16.1. The molecule has 3 heterocycles. The minimum absolute atomic E-state index is 0.114. The van der Waals surface area contributed by atoms with Crippen molar-refractivity contribution in [2.45, 2.75) is 18.5 Å². The highest BCUT2D eigenvalue weighted by Gasteiger charge is 2.41. The van der Waals surface area contributed by atoms with E-state index in [0.717, 1.165) is 17.1 Å². The van der Waals surface area contributed by atoms with Crippen LogP contribution in [0.15, 0.2) is 73.1 Å². The number of para-hydroxylation sites is 1. The van der Waals surface area contributed by atoms with Crippen LogP contribution in [0.1, 0.15) is 29.9 Å². The molecule has 0 unspecified atom stereocenters. The van der Waals surface area contributed by atoms with Crippen LogP contribution in [0, 0.1) is 0 Å². The number of methoxy groups -OCH3 is 1. The van der Waals surface area contributed by atoms with Gasteiger partial charge in [0.1, 0.15) is 0 Å². The number of ether oxygens (including phenoxy) is 1. The quantitative estimate of drug-likeness (QED) is 0.500. The molecule has 0 spiro atoms. The molecule has 0 amide bonds. The topological polar surface area (TPSA) is 59.4 Å². The van der Waals surface area contributed by atoms with Crippen molar-refractivity contribution in [3.63, 3.8) is 0 Å². The van der Waals surface area contributed by atoms with Crippen molar-refractivity contribution in [2.24, 2.45) is 0 Å². The standard InChI is InChI=1S/C22H22N4O2S/c1-28-19(27)12-15-26-21(20(24-22(26)29)17-10-5-6-13-23-17)18-11-7-14-25(18)16-8-3-2-4-9-16/h2-11,13-14,20-21H,12,15H2,1H3,(H,24,29)/t20-,21+/m1/s1. The molecule has 4 rings (SSSR count). The monoisotopic (exact) mass is 406 g/mol. The molecular weight excluding hydrogens is 384 g/mol. The van der Waals surface area contributed by atoms with Gasteiger partial charge in [0, 0.05) is 30.3 Å². The van der Waals surface area contributed by atoms with Crippen molar-refractivity contribution in [1.29, 1.82) is 0 Å². The van der Waals surface area contributed by atoms with Crippen molar-refractivity contribution in [3.8, 4) is 5.69 Å². The highest BCUT2D eigenvalue weighted by Crippen LogP contribution is 2.39. The summed E-state index contributed by atoms with van der Waals surface area (Å²) >= 11 is 5.64. The number of rotatable bonds is 6. The van der Waals surface area contributed by atoms with Gasteiger partial charge in [-0.1, -0.05) is 24.3 Å². The second-order valence-electron chi connectivity index (χ2n) is 6.78. The van der Waals surface area contributed by atoms with Gasteiger partial charge in [0.15, 0.2) is 5.11 Å². The van der Waals surface area contributed by atoms with E-state index in [2.05, 4.69) is 38.0 Å². The third-order valence-electron chi connectivity index (χ3n) is 5.10. The number of esters is 1. The molecule has 0 radical (unpaired) electrons. The van der Waals surface area contributed by atoms with Crippen molar-refractivity contribution in [3.05, 3.63) is 84.4 Å². The van der Waals surface area contributed by atoms with E-state index < -0.39 is 0 Å². The molecule has 1 aliphatic heterocycles. The molecule has 0 saturated carbocycles. The van der Waals surface area contributed by atoms with Gasteiger partial charge in [-0.15, -0.1) is 0 Å². The van der Waals surface area contributed by atoms with Crippen molar-refractivity contribution in [2.75, 3.05) is 13.7 Å². The predicted molar refractivity (Wildman–Crippen MR) is 115 cm³/mol. The molecule has 0 aliphatic carbocycles. The zero-order chi connectivity index (χ0) is 20.2. The summed E-state index contributed by atoms with van der Waals surface area (Å²) in [4.78, 5) is 18.4. The Labute approximate surface area is 175 Å². The van der Waals surface area contributed by atoms with Gasteiger partial charge in [-0.25, -0.2) is 0 Å². The highest BCUT2D eigenvalue weighted by molar-refractivity contribution is 7.80. The lowest BCUT2D eigenvalue weighted by atomic mass is 10.0. The summed E-state index contributed by atoms with van der Waals surface area (Å²) in [6.45, 7) is 0.465. The number of carbonyl (C=O) groups is 1. The van der Waals surface area contributed by atoms with Crippen LogP contribution in [0.3, 0.4) is 0 Å². The second kappa shape index (κ2) is 8.45. The van der Waals surface area contributed by atoms with E-state index in [1.807, 2.05) is 48.7 Å². The van der Waals surface area contributed by atoms with Gasteiger partial charge < -0.3 is 19.5 Å². The molecule has 7 heteroatoms. The normalized spacial score (nSPS) is 18.5. The molecular formula is C22H22N4O2S. The third-order valence-corrected chi connectivity index (χ3v) is 5.45. The van der Waals surface area contributed by atoms with Gasteiger partial charge in [-0.05, 0) is 48.6 Å². The number of hydrogen-bond donors (Lipinski definition) is 1. The fraction of sp³-hybridized carbons (Fsp3) is 0.227. The number of carbonyl (C=O) groups excluding carboxylic acids is 1. The van der Waals surface area contributed by atoms with E-state index in [4.69, 9.17) is 17.0 Å². The van der Waals surface area contributed by atoms with Crippen LogP contribution in [0.5, 0.6) is 0 Å². The van der Waals surface area contributed by atoms with Crippen molar-refractivity contribution in [1.82, 2.24) is 19.8 Å². The van der Waals surface area contributed by atoms with E-state index in [0.29, 0.717) is 11.7 Å². The summed E-state index contributed by atoms with van der Waals surface area (Å²) in [6.07, 6.45) is 4.08. The Morgan fingerprint density at radius 1 is 1.14 bits per heavy atom. The Morgan fingerprint density at radius 3 is 2.66 bits per heavy atom. The Hall–Kier alpha value is -3.19. The molecule has 3 aromatic rings. The average Bonchev–Trinajstić information content (AvgIpc) is 3.37. The number of nitrogens with one attached hydrogen (secondary N) is 1. The van der Waals surface area contributed by atoms with E-state index in [1.165, 1.54) is 7.11 Å². The first-order valence-electron chi connectivity index (χ1n) is 9.46. The lowest BCUT2D eigenvalue weighted by molar-refractivity contribution is -0.140. The van der Waals surface area contributed by atoms with Crippen LogP contribution in [-0.4, -0.2) is 39.2 Å². The summed E-state index contributed by atoms with van der Waals surface area (Å²) in [5.41, 5.74) is 3.04. The molecule has 1 aliphatic rings. The summed E-state index contributed by atoms with van der Waals surface area (Å²) < 4.78 is 6.98.